The van der Waals surface area contributed by atoms with Crippen LogP contribution in [0.25, 0.3) is 0 Å². The van der Waals surface area contributed by atoms with E-state index in [0.29, 0.717) is 31.5 Å². The van der Waals surface area contributed by atoms with Gasteiger partial charge in [-0.25, -0.2) is 13.4 Å². The number of carbonyl (C=O) groups is 1. The average molecular weight is 377 g/mol. The first-order valence-electron chi connectivity index (χ1n) is 8.61. The number of nitrogens with zero attached hydrogens (tertiary/aromatic N) is 1. The molecule has 2 heterocycles. The van der Waals surface area contributed by atoms with Gasteiger partial charge >= 0.3 is 0 Å². The fourth-order valence-electron chi connectivity index (χ4n) is 3.19. The summed E-state index contributed by atoms with van der Waals surface area (Å²) in [5, 5.41) is 2.80. The third-order valence-electron chi connectivity index (χ3n) is 4.68. The molecule has 8 heteroatoms. The lowest BCUT2D eigenvalue weighted by molar-refractivity contribution is -0.118. The standard InChI is InChI=1S/C18H23N3O4S/c1-26(23,24)15-4-2-14(3-5-15)16(12-13-6-10-25-11-7-13)17(22)21-18-19-8-9-20-18/h2-5,8-9,13,16H,6-7,10-12H2,1H3,(H2,19,20,21,22). The molecule has 2 aromatic rings. The molecule has 1 aromatic heterocycles. The molecule has 7 nitrogen and oxygen atoms in total. The largest absolute Gasteiger partial charge is 0.381 e. The van der Waals surface area contributed by atoms with E-state index in [4.69, 9.17) is 4.74 Å². The number of aromatic amines is 1. The summed E-state index contributed by atoms with van der Waals surface area (Å²) in [6.07, 6.45) is 6.92. The van der Waals surface area contributed by atoms with Crippen LogP contribution in [0.4, 0.5) is 5.95 Å². The lowest BCUT2D eigenvalue weighted by atomic mass is 9.84. The van der Waals surface area contributed by atoms with E-state index in [1.807, 2.05) is 0 Å². The number of imidazole rings is 1. The summed E-state index contributed by atoms with van der Waals surface area (Å²) in [6, 6.07) is 6.56. The zero-order valence-corrected chi connectivity index (χ0v) is 15.5. The van der Waals surface area contributed by atoms with Crippen molar-refractivity contribution in [2.24, 2.45) is 5.92 Å². The minimum absolute atomic E-state index is 0.154. The van der Waals surface area contributed by atoms with Crippen LogP contribution >= 0.6 is 0 Å². The van der Waals surface area contributed by atoms with Gasteiger partial charge in [0.05, 0.1) is 10.8 Å². The number of hydrogen-bond acceptors (Lipinski definition) is 5. The third-order valence-corrected chi connectivity index (χ3v) is 5.81. The topological polar surface area (TPSA) is 101 Å². The molecule has 0 radical (unpaired) electrons. The quantitative estimate of drug-likeness (QED) is 0.805. The second-order valence-corrected chi connectivity index (χ2v) is 8.63. The molecule has 1 saturated heterocycles. The molecule has 1 atom stereocenters. The van der Waals surface area contributed by atoms with E-state index >= 15 is 0 Å². The van der Waals surface area contributed by atoms with Gasteiger partial charge in [0, 0.05) is 31.9 Å². The molecule has 140 valence electrons. The summed E-state index contributed by atoms with van der Waals surface area (Å²) in [7, 11) is -3.27. The van der Waals surface area contributed by atoms with Gasteiger partial charge in [-0.3, -0.25) is 10.1 Å². The number of amides is 1. The Labute approximate surface area is 153 Å². The second-order valence-electron chi connectivity index (χ2n) is 6.61. The molecule has 2 N–H and O–H groups in total. The highest BCUT2D eigenvalue weighted by Gasteiger charge is 2.27. The first kappa shape index (κ1) is 18.6. The van der Waals surface area contributed by atoms with Crippen LogP contribution in [0.3, 0.4) is 0 Å². The molecule has 1 amide bonds. The Morgan fingerprint density at radius 2 is 2.00 bits per heavy atom. The number of H-pyrrole nitrogens is 1. The number of aromatic nitrogens is 2. The van der Waals surface area contributed by atoms with Crippen molar-refractivity contribution in [3.63, 3.8) is 0 Å². The molecule has 0 aliphatic carbocycles. The summed E-state index contributed by atoms with van der Waals surface area (Å²) in [5.41, 5.74) is 0.799. The molecule has 1 aliphatic rings. The van der Waals surface area contributed by atoms with E-state index in [9.17, 15) is 13.2 Å². The van der Waals surface area contributed by atoms with E-state index < -0.39 is 9.84 Å². The molecule has 1 unspecified atom stereocenters. The number of nitrogens with one attached hydrogen (secondary N) is 2. The van der Waals surface area contributed by atoms with Gasteiger partial charge in [0.15, 0.2) is 9.84 Å². The third kappa shape index (κ3) is 4.70. The van der Waals surface area contributed by atoms with Crippen molar-refractivity contribution < 1.29 is 17.9 Å². The van der Waals surface area contributed by atoms with E-state index in [2.05, 4.69) is 15.3 Å². The van der Waals surface area contributed by atoms with Crippen LogP contribution < -0.4 is 5.32 Å². The molecular weight excluding hydrogens is 354 g/mol. The van der Waals surface area contributed by atoms with Gasteiger partial charge in [-0.15, -0.1) is 0 Å². The van der Waals surface area contributed by atoms with Crippen LogP contribution in [0.15, 0.2) is 41.6 Å². The minimum Gasteiger partial charge on any atom is -0.381 e. The van der Waals surface area contributed by atoms with Crippen molar-refractivity contribution >= 4 is 21.7 Å². The molecule has 1 aromatic carbocycles. The molecule has 0 saturated carbocycles. The fraction of sp³-hybridized carbons (Fsp3) is 0.444. The second kappa shape index (κ2) is 8.01. The molecule has 1 aliphatic heterocycles. The van der Waals surface area contributed by atoms with Crippen LogP contribution in [-0.2, 0) is 19.4 Å². The molecule has 3 rings (SSSR count). The van der Waals surface area contributed by atoms with Gasteiger partial charge < -0.3 is 9.72 Å². The van der Waals surface area contributed by atoms with E-state index in [0.717, 1.165) is 18.4 Å². The lowest BCUT2D eigenvalue weighted by Gasteiger charge is -2.26. The van der Waals surface area contributed by atoms with Crippen molar-refractivity contribution in [2.75, 3.05) is 24.8 Å². The summed E-state index contributed by atoms with van der Waals surface area (Å²) in [6.45, 7) is 1.43. The zero-order chi connectivity index (χ0) is 18.6. The lowest BCUT2D eigenvalue weighted by Crippen LogP contribution is -2.26. The van der Waals surface area contributed by atoms with Crippen LogP contribution in [0.2, 0.25) is 0 Å². The number of sulfone groups is 1. The smallest absolute Gasteiger partial charge is 0.234 e. The maximum absolute atomic E-state index is 12.8. The number of anilines is 1. The number of ether oxygens (including phenoxy) is 1. The van der Waals surface area contributed by atoms with Gasteiger partial charge in [-0.2, -0.15) is 0 Å². The Balaban J connectivity index is 1.82. The van der Waals surface area contributed by atoms with E-state index in [-0.39, 0.29) is 16.7 Å². The number of carbonyl (C=O) groups excluding carboxylic acids is 1. The van der Waals surface area contributed by atoms with Gasteiger partial charge in [0.2, 0.25) is 11.9 Å². The summed E-state index contributed by atoms with van der Waals surface area (Å²) >= 11 is 0. The molecular formula is C18H23N3O4S. The highest BCUT2D eigenvalue weighted by molar-refractivity contribution is 7.90. The highest BCUT2D eigenvalue weighted by atomic mass is 32.2. The van der Waals surface area contributed by atoms with E-state index in [1.165, 1.54) is 6.26 Å². The fourth-order valence-corrected chi connectivity index (χ4v) is 3.83. The van der Waals surface area contributed by atoms with Crippen molar-refractivity contribution in [1.82, 2.24) is 9.97 Å². The molecule has 26 heavy (non-hydrogen) atoms. The zero-order valence-electron chi connectivity index (χ0n) is 14.6. The Bertz CT molecular complexity index is 826. The Kier molecular flexibility index (Phi) is 5.73. The summed E-state index contributed by atoms with van der Waals surface area (Å²) in [4.78, 5) is 20.0. The van der Waals surface area contributed by atoms with Crippen molar-refractivity contribution in [1.29, 1.82) is 0 Å². The maximum Gasteiger partial charge on any atom is 0.234 e. The summed E-state index contributed by atoms with van der Waals surface area (Å²) in [5.74, 6) is 0.265. The Morgan fingerprint density at radius 1 is 1.31 bits per heavy atom. The first-order valence-corrected chi connectivity index (χ1v) is 10.5. The van der Waals surface area contributed by atoms with Gasteiger partial charge in [0.25, 0.3) is 0 Å². The first-order chi connectivity index (χ1) is 12.4. The minimum atomic E-state index is -3.27. The SMILES string of the molecule is CS(=O)(=O)c1ccc(C(CC2CCOCC2)C(=O)Nc2ncc[nH]2)cc1. The highest BCUT2D eigenvalue weighted by Crippen LogP contribution is 2.31. The molecule has 0 spiro atoms. The average Bonchev–Trinajstić information content (AvgIpc) is 3.13. The van der Waals surface area contributed by atoms with Gasteiger partial charge in [0.1, 0.15) is 0 Å². The number of rotatable bonds is 6. The predicted octanol–water partition coefficient (Wildman–Crippen LogP) is 2.35. The maximum atomic E-state index is 12.8. The van der Waals surface area contributed by atoms with Crippen LogP contribution in [-0.4, -0.2) is 43.8 Å². The van der Waals surface area contributed by atoms with Crippen LogP contribution in [0.5, 0.6) is 0 Å². The number of hydrogen-bond donors (Lipinski definition) is 2. The van der Waals surface area contributed by atoms with Crippen molar-refractivity contribution in [3.8, 4) is 0 Å². The Hall–Kier alpha value is -2.19. The number of benzene rings is 1. The van der Waals surface area contributed by atoms with Crippen LogP contribution in [0, 0.1) is 5.92 Å². The molecule has 0 bridgehead atoms. The van der Waals surface area contributed by atoms with Gasteiger partial charge in [-0.05, 0) is 42.9 Å². The van der Waals surface area contributed by atoms with Gasteiger partial charge in [-0.1, -0.05) is 12.1 Å². The normalized spacial score (nSPS) is 17.0. The Morgan fingerprint density at radius 3 is 2.58 bits per heavy atom. The van der Waals surface area contributed by atoms with Crippen molar-refractivity contribution in [3.05, 3.63) is 42.2 Å². The predicted molar refractivity (Wildman–Crippen MR) is 97.7 cm³/mol. The molecule has 1 fully saturated rings. The van der Waals surface area contributed by atoms with Crippen LogP contribution in [0.1, 0.15) is 30.7 Å². The van der Waals surface area contributed by atoms with Crippen molar-refractivity contribution in [2.45, 2.75) is 30.1 Å². The summed E-state index contributed by atoms with van der Waals surface area (Å²) < 4.78 is 28.7. The van der Waals surface area contributed by atoms with E-state index in [1.54, 1.807) is 36.7 Å². The monoisotopic (exact) mass is 377 g/mol.